The third-order valence-electron chi connectivity index (χ3n) is 1.58. The summed E-state index contributed by atoms with van der Waals surface area (Å²) in [6.07, 6.45) is 0.979. The van der Waals surface area contributed by atoms with Gasteiger partial charge >= 0.3 is 5.97 Å². The zero-order valence-electron chi connectivity index (χ0n) is 7.95. The highest BCUT2D eigenvalue weighted by Crippen LogP contribution is 2.13. The Morgan fingerprint density at radius 2 is 2.53 bits per heavy atom. The van der Waals surface area contributed by atoms with E-state index in [-0.39, 0.29) is 18.0 Å². The molecule has 0 amide bonds. The molecule has 0 saturated heterocycles. The van der Waals surface area contributed by atoms with Crippen molar-refractivity contribution in [3.63, 3.8) is 0 Å². The van der Waals surface area contributed by atoms with E-state index >= 15 is 0 Å². The van der Waals surface area contributed by atoms with Gasteiger partial charge in [-0.25, -0.2) is 14.2 Å². The molecule has 15 heavy (non-hydrogen) atoms. The Morgan fingerprint density at radius 1 is 1.80 bits per heavy atom. The molecule has 0 saturated carbocycles. The van der Waals surface area contributed by atoms with E-state index in [0.717, 1.165) is 12.3 Å². The molecule has 0 spiro atoms. The topological polar surface area (TPSA) is 75.0 Å². The molecule has 0 bridgehead atoms. The molecule has 78 valence electrons. The van der Waals surface area contributed by atoms with Gasteiger partial charge in [0.15, 0.2) is 6.61 Å². The van der Waals surface area contributed by atoms with Crippen molar-refractivity contribution in [1.82, 2.24) is 4.98 Å². The smallest absolute Gasteiger partial charge is 0.343 e. The van der Waals surface area contributed by atoms with E-state index in [4.69, 9.17) is 5.26 Å². The Kier molecular flexibility index (Phi) is 3.57. The van der Waals surface area contributed by atoms with Gasteiger partial charge in [-0.2, -0.15) is 5.26 Å². The van der Waals surface area contributed by atoms with Gasteiger partial charge in [-0.15, -0.1) is 0 Å². The number of esters is 1. The Balaban J connectivity index is 2.96. The number of carbonyl (C=O) groups excluding carboxylic acids is 1. The lowest BCUT2D eigenvalue weighted by Gasteiger charge is -2.06. The lowest BCUT2D eigenvalue weighted by Crippen LogP contribution is -2.10. The minimum Gasteiger partial charge on any atom is -0.447 e. The minimum atomic E-state index is -0.784. The summed E-state index contributed by atoms with van der Waals surface area (Å²) in [6, 6.07) is 2.64. The van der Waals surface area contributed by atoms with Crippen molar-refractivity contribution in [1.29, 1.82) is 5.26 Å². The van der Waals surface area contributed by atoms with Crippen molar-refractivity contribution < 1.29 is 13.9 Å². The summed E-state index contributed by atoms with van der Waals surface area (Å²) in [5.74, 6) is -1.22. The molecule has 0 atom stereocenters. The predicted octanol–water partition coefficient (Wildman–Crippen LogP) is 0.943. The fourth-order valence-electron chi connectivity index (χ4n) is 0.970. The number of nitrogens with zero attached hydrogens (tertiary/aromatic N) is 2. The highest BCUT2D eigenvalue weighted by atomic mass is 19.1. The monoisotopic (exact) mass is 209 g/mol. The lowest BCUT2D eigenvalue weighted by molar-refractivity contribution is 0.0555. The molecule has 1 rings (SSSR count). The molecule has 0 aliphatic heterocycles. The van der Waals surface area contributed by atoms with Crippen molar-refractivity contribution in [3.8, 4) is 6.07 Å². The van der Waals surface area contributed by atoms with Crippen LogP contribution >= 0.6 is 0 Å². The highest BCUT2D eigenvalue weighted by molar-refractivity contribution is 5.94. The van der Waals surface area contributed by atoms with Crippen molar-refractivity contribution >= 4 is 11.8 Å². The summed E-state index contributed by atoms with van der Waals surface area (Å²) in [4.78, 5) is 15.0. The summed E-state index contributed by atoms with van der Waals surface area (Å²) >= 11 is 0. The van der Waals surface area contributed by atoms with Crippen LogP contribution < -0.4 is 5.32 Å². The molecule has 0 unspecified atom stereocenters. The van der Waals surface area contributed by atoms with Crippen LogP contribution in [0.5, 0.6) is 0 Å². The van der Waals surface area contributed by atoms with Gasteiger partial charge in [0, 0.05) is 7.05 Å². The fourth-order valence-corrected chi connectivity index (χ4v) is 0.970. The number of pyridine rings is 1. The summed E-state index contributed by atoms with van der Waals surface area (Å²) in [5.41, 5.74) is -0.0345. The standard InChI is InChI=1S/C9H8FN3O2/c1-12-8-7(4-6(10)5-13-8)9(14)15-3-2-11/h4-5H,3H2,1H3,(H,12,13). The van der Waals surface area contributed by atoms with Crippen LogP contribution in [0.1, 0.15) is 10.4 Å². The van der Waals surface area contributed by atoms with Crippen LogP contribution in [-0.2, 0) is 4.74 Å². The molecule has 1 heterocycles. The molecule has 0 radical (unpaired) electrons. The Hall–Kier alpha value is -2.16. The van der Waals surface area contributed by atoms with Crippen LogP contribution in [0.25, 0.3) is 0 Å². The van der Waals surface area contributed by atoms with Gasteiger partial charge in [-0.3, -0.25) is 0 Å². The van der Waals surface area contributed by atoms with Crippen molar-refractivity contribution in [3.05, 3.63) is 23.6 Å². The van der Waals surface area contributed by atoms with Crippen LogP contribution in [0, 0.1) is 17.1 Å². The quantitative estimate of drug-likeness (QED) is 0.750. The zero-order chi connectivity index (χ0) is 11.3. The number of hydrogen-bond donors (Lipinski definition) is 1. The first-order chi connectivity index (χ1) is 7.19. The van der Waals surface area contributed by atoms with Crippen LogP contribution in [0.4, 0.5) is 10.2 Å². The van der Waals surface area contributed by atoms with Gasteiger partial charge in [0.05, 0.1) is 6.20 Å². The van der Waals surface area contributed by atoms with Crippen molar-refractivity contribution in [2.45, 2.75) is 0 Å². The molecule has 0 aliphatic rings. The van der Waals surface area contributed by atoms with Crippen molar-refractivity contribution in [2.24, 2.45) is 0 Å². The maximum atomic E-state index is 12.8. The van der Waals surface area contributed by atoms with E-state index in [1.54, 1.807) is 13.1 Å². The largest absolute Gasteiger partial charge is 0.447 e. The van der Waals surface area contributed by atoms with E-state index in [0.29, 0.717) is 0 Å². The van der Waals surface area contributed by atoms with Crippen LogP contribution in [0.2, 0.25) is 0 Å². The van der Waals surface area contributed by atoms with Gasteiger partial charge in [0.25, 0.3) is 0 Å². The molecule has 0 fully saturated rings. The second kappa shape index (κ2) is 4.91. The number of nitrogens with one attached hydrogen (secondary N) is 1. The summed E-state index contributed by atoms with van der Waals surface area (Å²) in [6.45, 7) is -0.376. The molecule has 1 aromatic heterocycles. The number of rotatable bonds is 3. The SMILES string of the molecule is CNc1ncc(F)cc1C(=O)OCC#N. The third-order valence-corrected chi connectivity index (χ3v) is 1.58. The number of aromatic nitrogens is 1. The average molecular weight is 209 g/mol. The maximum Gasteiger partial charge on any atom is 0.343 e. The molecule has 1 aromatic rings. The molecule has 0 aliphatic carbocycles. The maximum absolute atomic E-state index is 12.8. The van der Waals surface area contributed by atoms with E-state index < -0.39 is 11.8 Å². The van der Waals surface area contributed by atoms with E-state index in [1.165, 1.54) is 0 Å². The Morgan fingerprint density at radius 3 is 3.13 bits per heavy atom. The molecule has 6 heteroatoms. The number of hydrogen-bond acceptors (Lipinski definition) is 5. The molecule has 1 N–H and O–H groups in total. The van der Waals surface area contributed by atoms with Crippen LogP contribution in [-0.4, -0.2) is 24.6 Å². The van der Waals surface area contributed by atoms with Crippen LogP contribution in [0.15, 0.2) is 12.3 Å². The molecule has 0 aromatic carbocycles. The number of nitriles is 1. The third kappa shape index (κ3) is 2.64. The van der Waals surface area contributed by atoms with E-state index in [2.05, 4.69) is 15.0 Å². The van der Waals surface area contributed by atoms with Gasteiger partial charge < -0.3 is 10.1 Å². The normalized spacial score (nSPS) is 9.13. The summed E-state index contributed by atoms with van der Waals surface area (Å²) in [7, 11) is 1.54. The highest BCUT2D eigenvalue weighted by Gasteiger charge is 2.14. The van der Waals surface area contributed by atoms with Gasteiger partial charge in [0.1, 0.15) is 23.3 Å². The number of halogens is 1. The number of carbonyl (C=O) groups is 1. The number of ether oxygens (including phenoxy) is 1. The first-order valence-corrected chi connectivity index (χ1v) is 4.06. The molecule has 5 nitrogen and oxygen atoms in total. The lowest BCUT2D eigenvalue weighted by atomic mass is 10.2. The molecular weight excluding hydrogens is 201 g/mol. The predicted molar refractivity (Wildman–Crippen MR) is 49.6 cm³/mol. The summed E-state index contributed by atoms with van der Waals surface area (Å²) < 4.78 is 17.3. The van der Waals surface area contributed by atoms with Gasteiger partial charge in [-0.05, 0) is 6.07 Å². The number of anilines is 1. The van der Waals surface area contributed by atoms with Crippen molar-refractivity contribution in [2.75, 3.05) is 19.0 Å². The molecular formula is C9H8FN3O2. The second-order valence-corrected chi connectivity index (χ2v) is 2.53. The minimum absolute atomic E-state index is 0.0345. The second-order valence-electron chi connectivity index (χ2n) is 2.53. The van der Waals surface area contributed by atoms with E-state index in [9.17, 15) is 9.18 Å². The summed E-state index contributed by atoms with van der Waals surface area (Å²) in [5, 5.41) is 10.8. The fraction of sp³-hybridized carbons (Fsp3) is 0.222. The van der Waals surface area contributed by atoms with Gasteiger partial charge in [0.2, 0.25) is 0 Å². The average Bonchev–Trinajstić information content (AvgIpc) is 2.25. The zero-order valence-corrected chi connectivity index (χ0v) is 7.95. The Labute approximate surface area is 85.5 Å². The first-order valence-electron chi connectivity index (χ1n) is 4.06. The Bertz CT molecular complexity index is 414. The van der Waals surface area contributed by atoms with E-state index in [1.807, 2.05) is 0 Å². The first kappa shape index (κ1) is 10.9. The van der Waals surface area contributed by atoms with Gasteiger partial charge in [-0.1, -0.05) is 0 Å². The van der Waals surface area contributed by atoms with Crippen LogP contribution in [0.3, 0.4) is 0 Å².